The Morgan fingerprint density at radius 1 is 1.42 bits per heavy atom. The van der Waals surface area contributed by atoms with Crippen molar-refractivity contribution in [3.05, 3.63) is 0 Å². The van der Waals surface area contributed by atoms with Gasteiger partial charge in [0.2, 0.25) is 0 Å². The third-order valence-electron chi connectivity index (χ3n) is 3.42. The summed E-state index contributed by atoms with van der Waals surface area (Å²) in [5.74, 6) is 4.70. The smallest absolute Gasteiger partial charge is 0.000975 e. The molecular formula is C10H19NS. The van der Waals surface area contributed by atoms with Crippen molar-refractivity contribution in [2.45, 2.75) is 20.3 Å². The third kappa shape index (κ3) is 1.51. The van der Waals surface area contributed by atoms with E-state index >= 15 is 0 Å². The molecule has 1 nitrogen and oxygen atoms in total. The summed E-state index contributed by atoms with van der Waals surface area (Å²) in [5.41, 5.74) is 0.593. The van der Waals surface area contributed by atoms with Crippen LogP contribution in [0.15, 0.2) is 0 Å². The molecule has 2 aliphatic rings. The fourth-order valence-electron chi connectivity index (χ4n) is 2.71. The van der Waals surface area contributed by atoms with Crippen LogP contribution in [0, 0.1) is 17.3 Å². The van der Waals surface area contributed by atoms with Crippen molar-refractivity contribution in [1.29, 1.82) is 0 Å². The van der Waals surface area contributed by atoms with Crippen molar-refractivity contribution in [3.63, 3.8) is 0 Å². The second kappa shape index (κ2) is 3.22. The number of rotatable bonds is 0. The van der Waals surface area contributed by atoms with Crippen molar-refractivity contribution in [2.75, 3.05) is 24.6 Å². The number of fused-ring (bicyclic) bond motifs is 1. The lowest BCUT2D eigenvalue weighted by atomic mass is 9.70. The van der Waals surface area contributed by atoms with Gasteiger partial charge in [0.25, 0.3) is 0 Å². The Morgan fingerprint density at radius 3 is 3.00 bits per heavy atom. The van der Waals surface area contributed by atoms with E-state index in [2.05, 4.69) is 30.9 Å². The molecule has 12 heavy (non-hydrogen) atoms. The lowest BCUT2D eigenvalue weighted by molar-refractivity contribution is 0.129. The minimum atomic E-state index is 0.593. The van der Waals surface area contributed by atoms with Crippen molar-refractivity contribution in [2.24, 2.45) is 17.3 Å². The van der Waals surface area contributed by atoms with E-state index in [1.165, 1.54) is 31.0 Å². The molecule has 0 aliphatic carbocycles. The molecule has 0 saturated carbocycles. The SMILES string of the molecule is CC1(C)CSCC2CNCCC21. The predicted molar refractivity (Wildman–Crippen MR) is 55.6 cm³/mol. The summed E-state index contributed by atoms with van der Waals surface area (Å²) in [6.45, 7) is 7.40. The van der Waals surface area contributed by atoms with Crippen LogP contribution in [0.1, 0.15) is 20.3 Å². The fraction of sp³-hybridized carbons (Fsp3) is 1.00. The maximum atomic E-state index is 3.51. The van der Waals surface area contributed by atoms with E-state index in [0.29, 0.717) is 5.41 Å². The second-order valence-electron chi connectivity index (χ2n) is 4.86. The maximum Gasteiger partial charge on any atom is -0.000975 e. The second-order valence-corrected chi connectivity index (χ2v) is 5.89. The van der Waals surface area contributed by atoms with Gasteiger partial charge in [0, 0.05) is 0 Å². The van der Waals surface area contributed by atoms with Crippen molar-refractivity contribution in [3.8, 4) is 0 Å². The minimum absolute atomic E-state index is 0.593. The van der Waals surface area contributed by atoms with E-state index in [0.717, 1.165) is 11.8 Å². The van der Waals surface area contributed by atoms with Crippen LogP contribution in [0.3, 0.4) is 0 Å². The fourth-order valence-corrected chi connectivity index (χ4v) is 4.22. The Hall–Kier alpha value is 0.310. The molecule has 0 aromatic heterocycles. The molecule has 0 amide bonds. The number of piperidine rings is 1. The number of nitrogens with one attached hydrogen (secondary N) is 1. The van der Waals surface area contributed by atoms with E-state index in [4.69, 9.17) is 0 Å². The number of hydrogen-bond acceptors (Lipinski definition) is 2. The standard InChI is InChI=1S/C10H19NS/c1-10(2)7-12-6-8-5-11-4-3-9(8)10/h8-9,11H,3-7H2,1-2H3. The zero-order chi connectivity index (χ0) is 8.60. The summed E-state index contributed by atoms with van der Waals surface area (Å²) in [4.78, 5) is 0. The normalized spacial score (nSPS) is 40.5. The van der Waals surface area contributed by atoms with E-state index < -0.39 is 0 Å². The average molecular weight is 185 g/mol. The monoisotopic (exact) mass is 185 g/mol. The number of hydrogen-bond donors (Lipinski definition) is 1. The van der Waals surface area contributed by atoms with E-state index in [-0.39, 0.29) is 0 Å². The molecule has 2 saturated heterocycles. The topological polar surface area (TPSA) is 12.0 Å². The van der Waals surface area contributed by atoms with Crippen LogP contribution in [0.4, 0.5) is 0 Å². The van der Waals surface area contributed by atoms with Gasteiger partial charge in [0.1, 0.15) is 0 Å². The lowest BCUT2D eigenvalue weighted by Crippen LogP contribution is -2.47. The van der Waals surface area contributed by atoms with E-state index in [1.807, 2.05) is 0 Å². The van der Waals surface area contributed by atoms with Gasteiger partial charge in [0.15, 0.2) is 0 Å². The highest BCUT2D eigenvalue weighted by Crippen LogP contribution is 2.44. The first-order valence-corrected chi connectivity index (χ1v) is 6.14. The van der Waals surface area contributed by atoms with Gasteiger partial charge in [-0.25, -0.2) is 0 Å². The Balaban J connectivity index is 2.09. The summed E-state index contributed by atoms with van der Waals surface area (Å²) in [7, 11) is 0. The van der Waals surface area contributed by atoms with Gasteiger partial charge in [-0.2, -0.15) is 11.8 Å². The summed E-state index contributed by atoms with van der Waals surface area (Å²) in [6.07, 6.45) is 1.40. The molecule has 0 aromatic rings. The van der Waals surface area contributed by atoms with Gasteiger partial charge in [0.05, 0.1) is 0 Å². The van der Waals surface area contributed by atoms with Crippen LogP contribution in [0.2, 0.25) is 0 Å². The molecule has 2 fully saturated rings. The van der Waals surface area contributed by atoms with Gasteiger partial charge >= 0.3 is 0 Å². The van der Waals surface area contributed by atoms with Crippen LogP contribution in [-0.4, -0.2) is 24.6 Å². The molecule has 2 rings (SSSR count). The molecule has 0 spiro atoms. The van der Waals surface area contributed by atoms with Crippen LogP contribution >= 0.6 is 11.8 Å². The van der Waals surface area contributed by atoms with E-state index in [1.54, 1.807) is 0 Å². The first-order chi connectivity index (χ1) is 5.70. The van der Waals surface area contributed by atoms with Gasteiger partial charge in [-0.15, -0.1) is 0 Å². The van der Waals surface area contributed by atoms with Gasteiger partial charge in [-0.3, -0.25) is 0 Å². The van der Waals surface area contributed by atoms with Crippen LogP contribution < -0.4 is 5.32 Å². The van der Waals surface area contributed by atoms with Gasteiger partial charge in [-0.05, 0) is 48.3 Å². The summed E-state index contributed by atoms with van der Waals surface area (Å²) in [5, 5.41) is 3.51. The molecular weight excluding hydrogens is 166 g/mol. The predicted octanol–water partition coefficient (Wildman–Crippen LogP) is 1.99. The first kappa shape index (κ1) is 8.89. The Labute approximate surface area is 79.7 Å². The molecule has 1 N–H and O–H groups in total. The Morgan fingerprint density at radius 2 is 2.25 bits per heavy atom. The van der Waals surface area contributed by atoms with Crippen LogP contribution in [0.25, 0.3) is 0 Å². The average Bonchev–Trinajstić information content (AvgIpc) is 2.04. The summed E-state index contributed by atoms with van der Waals surface area (Å²) >= 11 is 2.15. The molecule has 0 bridgehead atoms. The van der Waals surface area contributed by atoms with Gasteiger partial charge in [-0.1, -0.05) is 13.8 Å². The zero-order valence-electron chi connectivity index (χ0n) is 8.10. The molecule has 0 aromatic carbocycles. The summed E-state index contributed by atoms with van der Waals surface area (Å²) < 4.78 is 0. The quantitative estimate of drug-likeness (QED) is 0.619. The first-order valence-electron chi connectivity index (χ1n) is 4.98. The third-order valence-corrected chi connectivity index (χ3v) is 5.03. The molecule has 2 atom stereocenters. The van der Waals surface area contributed by atoms with Crippen molar-refractivity contribution in [1.82, 2.24) is 5.32 Å². The van der Waals surface area contributed by atoms with Crippen molar-refractivity contribution < 1.29 is 0 Å². The lowest BCUT2D eigenvalue weighted by Gasteiger charge is -2.46. The zero-order valence-corrected chi connectivity index (χ0v) is 8.91. The molecule has 0 radical (unpaired) electrons. The highest BCUT2D eigenvalue weighted by Gasteiger charge is 2.40. The van der Waals surface area contributed by atoms with Crippen molar-refractivity contribution >= 4 is 11.8 Å². The molecule has 2 unspecified atom stereocenters. The maximum absolute atomic E-state index is 3.51. The molecule has 70 valence electrons. The molecule has 2 heteroatoms. The van der Waals surface area contributed by atoms with E-state index in [9.17, 15) is 0 Å². The Kier molecular flexibility index (Phi) is 2.39. The summed E-state index contributed by atoms with van der Waals surface area (Å²) in [6, 6.07) is 0. The molecule has 2 heterocycles. The number of thioether (sulfide) groups is 1. The highest BCUT2D eigenvalue weighted by molar-refractivity contribution is 7.99. The largest absolute Gasteiger partial charge is 0.316 e. The Bertz CT molecular complexity index is 165. The van der Waals surface area contributed by atoms with Gasteiger partial charge < -0.3 is 5.32 Å². The minimum Gasteiger partial charge on any atom is -0.316 e. The molecule has 2 aliphatic heterocycles. The van der Waals surface area contributed by atoms with Crippen LogP contribution in [0.5, 0.6) is 0 Å². The highest BCUT2D eigenvalue weighted by atomic mass is 32.2. The van der Waals surface area contributed by atoms with Crippen LogP contribution in [-0.2, 0) is 0 Å².